The second kappa shape index (κ2) is 15.3. The molecule has 0 atom stereocenters. The summed E-state index contributed by atoms with van der Waals surface area (Å²) in [7, 11) is 0. The van der Waals surface area contributed by atoms with Crippen LogP contribution < -0.4 is 4.74 Å². The highest BCUT2D eigenvalue weighted by Crippen LogP contribution is 2.17. The first-order chi connectivity index (χ1) is 12.2. The lowest BCUT2D eigenvalue weighted by molar-refractivity contribution is -0.134. The van der Waals surface area contributed by atoms with Crippen LogP contribution in [0.2, 0.25) is 5.02 Å². The maximum absolute atomic E-state index is 11.7. The van der Waals surface area contributed by atoms with Crippen LogP contribution in [0.1, 0.15) is 96.8 Å². The monoisotopic (exact) mass is 366 g/mol. The Morgan fingerprint density at radius 3 is 1.68 bits per heavy atom. The minimum absolute atomic E-state index is 0.148. The highest BCUT2D eigenvalue weighted by Gasteiger charge is 2.04. The van der Waals surface area contributed by atoms with Gasteiger partial charge in [-0.05, 0) is 30.7 Å². The first-order valence-electron chi connectivity index (χ1n) is 10.2. The van der Waals surface area contributed by atoms with Crippen LogP contribution in [0.5, 0.6) is 5.75 Å². The molecule has 0 aliphatic carbocycles. The van der Waals surface area contributed by atoms with Crippen LogP contribution in [0.15, 0.2) is 24.3 Å². The molecule has 1 rings (SSSR count). The van der Waals surface area contributed by atoms with Gasteiger partial charge in [0.25, 0.3) is 0 Å². The van der Waals surface area contributed by atoms with Gasteiger partial charge in [-0.25, -0.2) is 0 Å². The first-order valence-corrected chi connectivity index (χ1v) is 10.6. The zero-order valence-electron chi connectivity index (χ0n) is 15.9. The largest absolute Gasteiger partial charge is 0.427 e. The Bertz CT molecular complexity index is 442. The lowest BCUT2D eigenvalue weighted by atomic mass is 10.0. The summed E-state index contributed by atoms with van der Waals surface area (Å²) >= 11 is 5.81. The number of hydrogen-bond acceptors (Lipinski definition) is 2. The molecule has 1 aromatic carbocycles. The Morgan fingerprint density at radius 1 is 0.760 bits per heavy atom. The van der Waals surface area contributed by atoms with Crippen LogP contribution >= 0.6 is 11.6 Å². The fourth-order valence-corrected chi connectivity index (χ4v) is 3.10. The molecule has 0 radical (unpaired) electrons. The zero-order valence-corrected chi connectivity index (χ0v) is 16.7. The van der Waals surface area contributed by atoms with Crippen molar-refractivity contribution in [3.8, 4) is 5.75 Å². The van der Waals surface area contributed by atoms with Gasteiger partial charge >= 0.3 is 5.97 Å². The van der Waals surface area contributed by atoms with E-state index in [9.17, 15) is 4.79 Å². The maximum atomic E-state index is 11.7. The number of unbranched alkanes of at least 4 members (excludes halogenated alkanes) is 12. The van der Waals surface area contributed by atoms with Gasteiger partial charge in [0.1, 0.15) is 5.75 Å². The van der Waals surface area contributed by atoms with Gasteiger partial charge in [-0.2, -0.15) is 0 Å². The summed E-state index contributed by atoms with van der Waals surface area (Å²) in [6.07, 6.45) is 17.5. The predicted octanol–water partition coefficient (Wildman–Crippen LogP) is 7.73. The van der Waals surface area contributed by atoms with E-state index < -0.39 is 0 Å². The topological polar surface area (TPSA) is 26.3 Å². The third kappa shape index (κ3) is 12.9. The number of benzene rings is 1. The van der Waals surface area contributed by atoms with Gasteiger partial charge in [0, 0.05) is 11.4 Å². The molecular formula is C22H35ClO2. The fraction of sp³-hybridized carbons (Fsp3) is 0.682. The van der Waals surface area contributed by atoms with Crippen LogP contribution in [0, 0.1) is 0 Å². The number of hydrogen-bond donors (Lipinski definition) is 0. The Balaban J connectivity index is 1.85. The minimum Gasteiger partial charge on any atom is -0.427 e. The second-order valence-corrected chi connectivity index (χ2v) is 7.36. The van der Waals surface area contributed by atoms with Gasteiger partial charge in [0.15, 0.2) is 0 Å². The van der Waals surface area contributed by atoms with Crippen molar-refractivity contribution < 1.29 is 9.53 Å². The van der Waals surface area contributed by atoms with E-state index in [0.717, 1.165) is 12.8 Å². The van der Waals surface area contributed by atoms with E-state index in [1.54, 1.807) is 24.3 Å². The molecular weight excluding hydrogens is 332 g/mol. The lowest BCUT2D eigenvalue weighted by Crippen LogP contribution is -2.07. The Hall–Kier alpha value is -1.02. The highest BCUT2D eigenvalue weighted by atomic mass is 35.5. The van der Waals surface area contributed by atoms with Crippen molar-refractivity contribution in [1.29, 1.82) is 0 Å². The van der Waals surface area contributed by atoms with Crippen molar-refractivity contribution in [2.24, 2.45) is 0 Å². The van der Waals surface area contributed by atoms with E-state index in [1.807, 2.05) is 0 Å². The van der Waals surface area contributed by atoms with Crippen LogP contribution in [-0.2, 0) is 4.79 Å². The number of halogens is 1. The third-order valence-electron chi connectivity index (χ3n) is 4.53. The quantitative estimate of drug-likeness (QED) is 0.180. The van der Waals surface area contributed by atoms with Gasteiger partial charge in [0.2, 0.25) is 0 Å². The van der Waals surface area contributed by atoms with Crippen molar-refractivity contribution in [1.82, 2.24) is 0 Å². The average Bonchev–Trinajstić information content (AvgIpc) is 2.61. The Labute approximate surface area is 159 Å². The van der Waals surface area contributed by atoms with Crippen LogP contribution in [-0.4, -0.2) is 5.97 Å². The molecule has 0 N–H and O–H groups in total. The summed E-state index contributed by atoms with van der Waals surface area (Å²) in [6, 6.07) is 6.92. The second-order valence-electron chi connectivity index (χ2n) is 6.92. The van der Waals surface area contributed by atoms with Crippen molar-refractivity contribution in [3.63, 3.8) is 0 Å². The van der Waals surface area contributed by atoms with E-state index in [-0.39, 0.29) is 5.97 Å². The summed E-state index contributed by atoms with van der Waals surface area (Å²) in [5.41, 5.74) is 0. The molecule has 0 saturated heterocycles. The molecule has 0 unspecified atom stereocenters. The molecule has 25 heavy (non-hydrogen) atoms. The maximum Gasteiger partial charge on any atom is 0.311 e. The number of ether oxygens (including phenoxy) is 1. The van der Waals surface area contributed by atoms with Gasteiger partial charge in [0.05, 0.1) is 0 Å². The summed E-state index contributed by atoms with van der Waals surface area (Å²) in [4.78, 5) is 11.7. The van der Waals surface area contributed by atoms with Gasteiger partial charge in [-0.15, -0.1) is 0 Å². The van der Waals surface area contributed by atoms with Crippen molar-refractivity contribution >= 4 is 17.6 Å². The average molecular weight is 367 g/mol. The summed E-state index contributed by atoms with van der Waals surface area (Å²) < 4.78 is 5.28. The molecule has 0 aliphatic rings. The molecule has 0 saturated carbocycles. The summed E-state index contributed by atoms with van der Waals surface area (Å²) in [5.74, 6) is 0.425. The van der Waals surface area contributed by atoms with Gasteiger partial charge < -0.3 is 4.74 Å². The van der Waals surface area contributed by atoms with E-state index in [4.69, 9.17) is 16.3 Å². The van der Waals surface area contributed by atoms with Crippen molar-refractivity contribution in [3.05, 3.63) is 29.3 Å². The van der Waals surface area contributed by atoms with Gasteiger partial charge in [-0.1, -0.05) is 95.6 Å². The SMILES string of the molecule is CCCCCCCCCCCCCCCC(=O)Oc1ccc(Cl)cc1. The molecule has 1 aromatic rings. The van der Waals surface area contributed by atoms with E-state index in [1.165, 1.54) is 70.6 Å². The number of rotatable bonds is 15. The molecule has 0 aromatic heterocycles. The predicted molar refractivity (Wildman–Crippen MR) is 107 cm³/mol. The van der Waals surface area contributed by atoms with E-state index >= 15 is 0 Å². The van der Waals surface area contributed by atoms with Crippen LogP contribution in [0.4, 0.5) is 0 Å². The van der Waals surface area contributed by atoms with E-state index in [2.05, 4.69) is 6.92 Å². The molecule has 2 nitrogen and oxygen atoms in total. The van der Waals surface area contributed by atoms with Crippen molar-refractivity contribution in [2.45, 2.75) is 96.8 Å². The summed E-state index contributed by atoms with van der Waals surface area (Å²) in [6.45, 7) is 2.27. The Kier molecular flexibility index (Phi) is 13.4. The first kappa shape index (κ1) is 22.0. The van der Waals surface area contributed by atoms with E-state index in [0.29, 0.717) is 17.2 Å². The summed E-state index contributed by atoms with van der Waals surface area (Å²) in [5, 5.41) is 0.649. The number of esters is 1. The fourth-order valence-electron chi connectivity index (χ4n) is 2.97. The molecule has 0 heterocycles. The van der Waals surface area contributed by atoms with Crippen molar-refractivity contribution in [2.75, 3.05) is 0 Å². The molecule has 0 amide bonds. The highest BCUT2D eigenvalue weighted by molar-refractivity contribution is 6.30. The minimum atomic E-state index is -0.148. The third-order valence-corrected chi connectivity index (χ3v) is 4.78. The molecule has 0 aliphatic heterocycles. The zero-order chi connectivity index (χ0) is 18.2. The number of carbonyl (C=O) groups is 1. The molecule has 142 valence electrons. The molecule has 0 fully saturated rings. The molecule has 3 heteroatoms. The Morgan fingerprint density at radius 2 is 1.20 bits per heavy atom. The van der Waals surface area contributed by atoms with Gasteiger partial charge in [-0.3, -0.25) is 4.79 Å². The smallest absolute Gasteiger partial charge is 0.311 e. The van der Waals surface area contributed by atoms with Crippen LogP contribution in [0.3, 0.4) is 0 Å². The lowest BCUT2D eigenvalue weighted by Gasteiger charge is -2.05. The molecule has 0 bridgehead atoms. The number of carbonyl (C=O) groups excluding carboxylic acids is 1. The van der Waals surface area contributed by atoms with Crippen LogP contribution in [0.25, 0.3) is 0 Å². The normalized spacial score (nSPS) is 10.8. The standard InChI is InChI=1S/C22H35ClO2/c1-2-3-4-5-6-7-8-9-10-11-12-13-14-15-22(24)25-21-18-16-20(23)17-19-21/h16-19H,2-15H2,1H3. The molecule has 0 spiro atoms.